The van der Waals surface area contributed by atoms with Crippen molar-refractivity contribution in [3.05, 3.63) is 24.3 Å². The summed E-state index contributed by atoms with van der Waals surface area (Å²) in [5.74, 6) is 0.584. The lowest BCUT2D eigenvalue weighted by Gasteiger charge is -2.34. The Labute approximate surface area is 154 Å². The lowest BCUT2D eigenvalue weighted by molar-refractivity contribution is 0.00636. The molecule has 0 bridgehead atoms. The van der Waals surface area contributed by atoms with Crippen LogP contribution >= 0.6 is 0 Å². The van der Waals surface area contributed by atoms with E-state index in [1.807, 2.05) is 0 Å². The van der Waals surface area contributed by atoms with E-state index in [1.54, 1.807) is 12.1 Å². The van der Waals surface area contributed by atoms with Gasteiger partial charge in [-0.3, -0.25) is 4.90 Å². The molecular formula is C17H27N3O5S. The van der Waals surface area contributed by atoms with Crippen molar-refractivity contribution >= 4 is 10.0 Å². The maximum absolute atomic E-state index is 12.5. The highest BCUT2D eigenvalue weighted by Crippen LogP contribution is 2.20. The molecule has 146 valence electrons. The van der Waals surface area contributed by atoms with Gasteiger partial charge in [0, 0.05) is 32.7 Å². The predicted octanol–water partition coefficient (Wildman–Crippen LogP) is -0.651. The van der Waals surface area contributed by atoms with Gasteiger partial charge in [0.2, 0.25) is 10.0 Å². The van der Waals surface area contributed by atoms with Crippen molar-refractivity contribution in [3.63, 3.8) is 0 Å². The van der Waals surface area contributed by atoms with Crippen molar-refractivity contribution in [2.45, 2.75) is 23.1 Å². The number of hydrogen-bond donors (Lipinski definition) is 2. The summed E-state index contributed by atoms with van der Waals surface area (Å²) in [6, 6.07) is 5.48. The number of ether oxygens (including phenoxy) is 2. The number of nitrogens with zero attached hydrogens (tertiary/aromatic N) is 2. The number of aliphatic hydroxyl groups excluding tert-OH is 1. The SMILES string of the molecule is COc1ccc(S(=O)(=O)N[C@H]2CO[C@@H](CN3CCN(C)CC3)[C@@H]2O)cc1. The maximum Gasteiger partial charge on any atom is 0.240 e. The van der Waals surface area contributed by atoms with Crippen molar-refractivity contribution in [1.82, 2.24) is 14.5 Å². The van der Waals surface area contributed by atoms with E-state index >= 15 is 0 Å². The minimum absolute atomic E-state index is 0.132. The molecule has 0 aliphatic carbocycles. The molecule has 26 heavy (non-hydrogen) atoms. The van der Waals surface area contributed by atoms with Crippen molar-refractivity contribution in [2.24, 2.45) is 0 Å². The summed E-state index contributed by atoms with van der Waals surface area (Å²) < 4.78 is 38.3. The van der Waals surface area contributed by atoms with Gasteiger partial charge < -0.3 is 19.5 Å². The average molecular weight is 385 g/mol. The Balaban J connectivity index is 1.58. The maximum atomic E-state index is 12.5. The number of piperazine rings is 1. The van der Waals surface area contributed by atoms with Crippen LogP contribution in [0.4, 0.5) is 0 Å². The lowest BCUT2D eigenvalue weighted by Crippen LogP contribution is -2.50. The molecule has 2 saturated heterocycles. The van der Waals surface area contributed by atoms with E-state index in [1.165, 1.54) is 19.2 Å². The molecule has 1 aromatic carbocycles. The Morgan fingerprint density at radius 3 is 2.50 bits per heavy atom. The van der Waals surface area contributed by atoms with E-state index in [4.69, 9.17) is 9.47 Å². The van der Waals surface area contributed by atoms with Crippen LogP contribution in [0.5, 0.6) is 5.75 Å². The molecule has 0 radical (unpaired) electrons. The zero-order valence-electron chi connectivity index (χ0n) is 15.2. The van der Waals surface area contributed by atoms with Crippen molar-refractivity contribution in [1.29, 1.82) is 0 Å². The van der Waals surface area contributed by atoms with E-state index in [0.717, 1.165) is 26.2 Å². The van der Waals surface area contributed by atoms with Crippen molar-refractivity contribution < 1.29 is 23.0 Å². The molecular weight excluding hydrogens is 358 g/mol. The van der Waals surface area contributed by atoms with Gasteiger partial charge in [-0.05, 0) is 31.3 Å². The van der Waals surface area contributed by atoms with Crippen LogP contribution in [0.25, 0.3) is 0 Å². The largest absolute Gasteiger partial charge is 0.497 e. The summed E-state index contributed by atoms with van der Waals surface area (Å²) in [4.78, 5) is 4.63. The summed E-state index contributed by atoms with van der Waals surface area (Å²) in [6.45, 7) is 4.58. The number of likely N-dealkylation sites (N-methyl/N-ethyl adjacent to an activating group) is 1. The standard InChI is InChI=1S/C17H27N3O5S/c1-19-7-9-20(10-8-19)11-16-17(21)15(12-25-16)18-26(22,23)14-5-3-13(24-2)4-6-14/h3-6,15-18,21H,7-12H2,1-2H3/t15-,16-,17+/m0/s1. The minimum Gasteiger partial charge on any atom is -0.497 e. The summed E-state index contributed by atoms with van der Waals surface area (Å²) in [5, 5.41) is 10.5. The quantitative estimate of drug-likeness (QED) is 0.672. The molecule has 0 unspecified atom stereocenters. The first kappa shape index (κ1) is 19.5. The Morgan fingerprint density at radius 2 is 1.88 bits per heavy atom. The van der Waals surface area contributed by atoms with Gasteiger partial charge in [0.25, 0.3) is 0 Å². The van der Waals surface area contributed by atoms with Crippen LogP contribution in [-0.4, -0.2) is 95.1 Å². The molecule has 8 nitrogen and oxygen atoms in total. The molecule has 2 heterocycles. The third kappa shape index (κ3) is 4.54. The number of aliphatic hydroxyl groups is 1. The summed E-state index contributed by atoms with van der Waals surface area (Å²) in [6.07, 6.45) is -1.26. The molecule has 9 heteroatoms. The van der Waals surface area contributed by atoms with Crippen LogP contribution in [-0.2, 0) is 14.8 Å². The van der Waals surface area contributed by atoms with Crippen molar-refractivity contribution in [3.8, 4) is 5.75 Å². The third-order valence-corrected chi connectivity index (χ3v) is 6.50. The fourth-order valence-corrected chi connectivity index (χ4v) is 4.49. The van der Waals surface area contributed by atoms with E-state index < -0.39 is 22.2 Å². The van der Waals surface area contributed by atoms with Gasteiger partial charge in [0.15, 0.2) is 0 Å². The molecule has 2 aliphatic heterocycles. The van der Waals surface area contributed by atoms with Crippen LogP contribution in [0.1, 0.15) is 0 Å². The van der Waals surface area contributed by atoms with Crippen LogP contribution in [0.15, 0.2) is 29.2 Å². The van der Waals surface area contributed by atoms with Crippen LogP contribution in [0, 0.1) is 0 Å². The molecule has 3 atom stereocenters. The molecule has 2 N–H and O–H groups in total. The lowest BCUT2D eigenvalue weighted by atomic mass is 10.1. The zero-order valence-corrected chi connectivity index (χ0v) is 16.0. The predicted molar refractivity (Wildman–Crippen MR) is 96.8 cm³/mol. The fourth-order valence-electron chi connectivity index (χ4n) is 3.26. The zero-order chi connectivity index (χ0) is 18.7. The smallest absolute Gasteiger partial charge is 0.240 e. The minimum atomic E-state index is -3.73. The number of sulfonamides is 1. The summed E-state index contributed by atoms with van der Waals surface area (Å²) >= 11 is 0. The molecule has 0 aromatic heterocycles. The fraction of sp³-hybridized carbons (Fsp3) is 0.647. The Bertz CT molecular complexity index is 689. The van der Waals surface area contributed by atoms with Crippen LogP contribution in [0.2, 0.25) is 0 Å². The third-order valence-electron chi connectivity index (χ3n) is 4.99. The highest BCUT2D eigenvalue weighted by atomic mass is 32.2. The number of nitrogens with one attached hydrogen (secondary N) is 1. The topological polar surface area (TPSA) is 91.3 Å². The van der Waals surface area contributed by atoms with E-state index in [9.17, 15) is 13.5 Å². The molecule has 2 aliphatic rings. The Hall–Kier alpha value is -1.23. The first-order valence-corrected chi connectivity index (χ1v) is 10.2. The molecule has 0 amide bonds. The molecule has 0 spiro atoms. The molecule has 1 aromatic rings. The highest BCUT2D eigenvalue weighted by Gasteiger charge is 2.39. The second-order valence-electron chi connectivity index (χ2n) is 6.87. The second-order valence-corrected chi connectivity index (χ2v) is 8.58. The van der Waals surface area contributed by atoms with Gasteiger partial charge >= 0.3 is 0 Å². The monoisotopic (exact) mass is 385 g/mol. The van der Waals surface area contributed by atoms with Crippen molar-refractivity contribution in [2.75, 3.05) is 53.5 Å². The highest BCUT2D eigenvalue weighted by molar-refractivity contribution is 7.89. The molecule has 2 fully saturated rings. The van der Waals surface area contributed by atoms with E-state index in [-0.39, 0.29) is 17.6 Å². The average Bonchev–Trinajstić information content (AvgIpc) is 2.96. The van der Waals surface area contributed by atoms with Gasteiger partial charge in [0.1, 0.15) is 5.75 Å². The van der Waals surface area contributed by atoms with Gasteiger partial charge in [-0.1, -0.05) is 0 Å². The normalized spacial score (nSPS) is 28.3. The van der Waals surface area contributed by atoms with E-state index in [2.05, 4.69) is 21.6 Å². The molecule has 0 saturated carbocycles. The Kier molecular flexibility index (Phi) is 6.16. The van der Waals surface area contributed by atoms with Gasteiger partial charge in [-0.15, -0.1) is 0 Å². The number of rotatable bonds is 6. The van der Waals surface area contributed by atoms with Gasteiger partial charge in [-0.2, -0.15) is 0 Å². The number of benzene rings is 1. The van der Waals surface area contributed by atoms with Gasteiger partial charge in [-0.25, -0.2) is 13.1 Å². The second kappa shape index (κ2) is 8.20. The summed E-state index contributed by atoms with van der Waals surface area (Å²) in [5.41, 5.74) is 0. The van der Waals surface area contributed by atoms with Crippen LogP contribution < -0.4 is 9.46 Å². The Morgan fingerprint density at radius 1 is 1.23 bits per heavy atom. The summed E-state index contributed by atoms with van der Waals surface area (Å²) in [7, 11) is -0.123. The first-order chi connectivity index (χ1) is 12.4. The number of methoxy groups -OCH3 is 1. The van der Waals surface area contributed by atoms with Crippen LogP contribution in [0.3, 0.4) is 0 Å². The van der Waals surface area contributed by atoms with Gasteiger partial charge in [0.05, 0.1) is 36.9 Å². The number of hydrogen-bond acceptors (Lipinski definition) is 7. The van der Waals surface area contributed by atoms with E-state index in [0.29, 0.717) is 12.3 Å². The first-order valence-electron chi connectivity index (χ1n) is 8.76. The molecule has 3 rings (SSSR count).